The summed E-state index contributed by atoms with van der Waals surface area (Å²) in [6.07, 6.45) is 6.41. The molecule has 7 heteroatoms. The number of hydrogen-bond acceptors (Lipinski definition) is 5. The summed E-state index contributed by atoms with van der Waals surface area (Å²) in [5.74, 6) is 1.36. The lowest BCUT2D eigenvalue weighted by Gasteiger charge is -2.25. The Balaban J connectivity index is 1.62. The molecule has 7 nitrogen and oxygen atoms in total. The zero-order valence-electron chi connectivity index (χ0n) is 14.6. The molecule has 24 heavy (non-hydrogen) atoms. The van der Waals surface area contributed by atoms with Crippen LogP contribution in [-0.4, -0.2) is 71.2 Å². The number of likely N-dealkylation sites (tertiary alicyclic amines) is 2. The number of aromatic nitrogens is 2. The van der Waals surface area contributed by atoms with Gasteiger partial charge in [-0.1, -0.05) is 0 Å². The van der Waals surface area contributed by atoms with Crippen LogP contribution in [0, 0.1) is 0 Å². The first-order chi connectivity index (χ1) is 11.7. The number of nitrogens with zero attached hydrogens (tertiary/aromatic N) is 5. The van der Waals surface area contributed by atoms with E-state index < -0.39 is 0 Å². The third-order valence-electron chi connectivity index (χ3n) is 4.78. The van der Waals surface area contributed by atoms with Crippen LogP contribution in [0.2, 0.25) is 0 Å². The van der Waals surface area contributed by atoms with Crippen LogP contribution in [-0.2, 0) is 0 Å². The maximum absolute atomic E-state index is 12.5. The average molecular weight is 333 g/mol. The molecule has 2 aliphatic rings. The summed E-state index contributed by atoms with van der Waals surface area (Å²) in [6.45, 7) is 9.05. The number of carbonyl (C=O) groups is 1. The maximum atomic E-state index is 12.5. The van der Waals surface area contributed by atoms with Crippen molar-refractivity contribution in [3.05, 3.63) is 12.4 Å². The third kappa shape index (κ3) is 3.55. The number of ether oxygens (including phenoxy) is 1. The topological polar surface area (TPSA) is 61.8 Å². The SMILES string of the molecule is CCN(CC)c1nccnc1OC1CCN(C(=O)N2CCCC2)C1. The fourth-order valence-electron chi connectivity index (χ4n) is 3.41. The molecule has 0 aromatic carbocycles. The summed E-state index contributed by atoms with van der Waals surface area (Å²) in [4.78, 5) is 27.3. The van der Waals surface area contributed by atoms with Crippen molar-refractivity contribution >= 4 is 11.8 Å². The smallest absolute Gasteiger partial charge is 0.320 e. The molecule has 2 amide bonds. The Bertz CT molecular complexity index is 558. The van der Waals surface area contributed by atoms with Gasteiger partial charge in [0.25, 0.3) is 5.88 Å². The molecule has 1 unspecified atom stereocenters. The fourth-order valence-corrected chi connectivity index (χ4v) is 3.41. The first-order valence-electron chi connectivity index (χ1n) is 8.99. The Labute approximate surface area is 143 Å². The van der Waals surface area contributed by atoms with Crippen LogP contribution in [0.3, 0.4) is 0 Å². The lowest BCUT2D eigenvalue weighted by Crippen LogP contribution is -2.41. The third-order valence-corrected chi connectivity index (χ3v) is 4.78. The van der Waals surface area contributed by atoms with Gasteiger partial charge in [-0.2, -0.15) is 0 Å². The number of rotatable bonds is 5. The molecule has 1 atom stereocenters. The van der Waals surface area contributed by atoms with E-state index in [2.05, 4.69) is 28.7 Å². The Morgan fingerprint density at radius 2 is 1.88 bits per heavy atom. The molecule has 0 N–H and O–H groups in total. The molecular formula is C17H27N5O2. The molecule has 2 saturated heterocycles. The van der Waals surface area contributed by atoms with Crippen LogP contribution >= 0.6 is 0 Å². The van der Waals surface area contributed by atoms with Crippen molar-refractivity contribution < 1.29 is 9.53 Å². The van der Waals surface area contributed by atoms with E-state index in [1.165, 1.54) is 0 Å². The zero-order chi connectivity index (χ0) is 16.9. The fraction of sp³-hybridized carbons (Fsp3) is 0.706. The lowest BCUT2D eigenvalue weighted by atomic mass is 10.3. The largest absolute Gasteiger partial charge is 0.470 e. The molecular weight excluding hydrogens is 306 g/mol. The molecule has 3 heterocycles. The summed E-state index contributed by atoms with van der Waals surface area (Å²) in [5, 5.41) is 0. The molecule has 1 aromatic rings. The van der Waals surface area contributed by atoms with Crippen molar-refractivity contribution in [1.29, 1.82) is 0 Å². The summed E-state index contributed by atoms with van der Waals surface area (Å²) in [6, 6.07) is 0.154. The van der Waals surface area contributed by atoms with Crippen molar-refractivity contribution in [2.45, 2.75) is 39.2 Å². The van der Waals surface area contributed by atoms with E-state index in [9.17, 15) is 4.79 Å². The van der Waals surface area contributed by atoms with Gasteiger partial charge < -0.3 is 19.4 Å². The van der Waals surface area contributed by atoms with Crippen molar-refractivity contribution in [3.63, 3.8) is 0 Å². The van der Waals surface area contributed by atoms with Crippen LogP contribution in [0.15, 0.2) is 12.4 Å². The van der Waals surface area contributed by atoms with E-state index >= 15 is 0 Å². The molecule has 0 bridgehead atoms. The van der Waals surface area contributed by atoms with Crippen molar-refractivity contribution in [1.82, 2.24) is 19.8 Å². The molecule has 3 rings (SSSR count). The molecule has 1 aromatic heterocycles. The van der Waals surface area contributed by atoms with Gasteiger partial charge >= 0.3 is 6.03 Å². The van der Waals surface area contributed by atoms with Crippen LogP contribution in [0.5, 0.6) is 5.88 Å². The highest BCUT2D eigenvalue weighted by atomic mass is 16.5. The van der Waals surface area contributed by atoms with Gasteiger partial charge in [0.1, 0.15) is 6.10 Å². The molecule has 0 saturated carbocycles. The quantitative estimate of drug-likeness (QED) is 0.825. The number of urea groups is 1. The predicted octanol–water partition coefficient (Wildman–Crippen LogP) is 1.99. The lowest BCUT2D eigenvalue weighted by molar-refractivity contribution is 0.159. The highest BCUT2D eigenvalue weighted by Gasteiger charge is 2.32. The van der Waals surface area contributed by atoms with Gasteiger partial charge in [0.05, 0.1) is 6.54 Å². The first kappa shape index (κ1) is 16.8. The van der Waals surface area contributed by atoms with Crippen molar-refractivity contribution in [3.8, 4) is 5.88 Å². The molecule has 2 fully saturated rings. The zero-order valence-corrected chi connectivity index (χ0v) is 14.6. The Morgan fingerprint density at radius 3 is 2.58 bits per heavy atom. The van der Waals surface area contributed by atoms with Crippen molar-refractivity contribution in [2.24, 2.45) is 0 Å². The number of carbonyl (C=O) groups excluding carboxylic acids is 1. The second-order valence-electron chi connectivity index (χ2n) is 6.31. The van der Waals surface area contributed by atoms with Crippen LogP contribution in [0.25, 0.3) is 0 Å². The van der Waals surface area contributed by atoms with Gasteiger partial charge in [0, 0.05) is 51.5 Å². The van der Waals surface area contributed by atoms with E-state index in [0.717, 1.165) is 57.8 Å². The normalized spacial score (nSPS) is 20.5. The first-order valence-corrected chi connectivity index (χ1v) is 8.99. The number of amides is 2. The van der Waals surface area contributed by atoms with Gasteiger partial charge in [0.2, 0.25) is 0 Å². The Kier molecular flexibility index (Phi) is 5.37. The van der Waals surface area contributed by atoms with E-state index in [1.54, 1.807) is 12.4 Å². The summed E-state index contributed by atoms with van der Waals surface area (Å²) in [7, 11) is 0. The minimum Gasteiger partial charge on any atom is -0.470 e. The van der Waals surface area contributed by atoms with Gasteiger partial charge in [-0.25, -0.2) is 14.8 Å². The standard InChI is InChI=1S/C17H27N5O2/c1-3-20(4-2)15-16(19-9-8-18-15)24-14-7-12-22(13-14)17(23)21-10-5-6-11-21/h8-9,14H,3-7,10-13H2,1-2H3. The Morgan fingerprint density at radius 1 is 1.17 bits per heavy atom. The Hall–Kier alpha value is -2.05. The minimum absolute atomic E-state index is 0.0115. The molecule has 0 radical (unpaired) electrons. The molecule has 132 valence electrons. The molecule has 0 aliphatic carbocycles. The predicted molar refractivity (Wildman–Crippen MR) is 92.4 cm³/mol. The highest BCUT2D eigenvalue weighted by molar-refractivity contribution is 5.75. The van der Waals surface area contributed by atoms with Crippen LogP contribution < -0.4 is 9.64 Å². The van der Waals surface area contributed by atoms with E-state index in [-0.39, 0.29) is 12.1 Å². The van der Waals surface area contributed by atoms with Crippen molar-refractivity contribution in [2.75, 3.05) is 44.2 Å². The van der Waals surface area contributed by atoms with E-state index in [1.807, 2.05) is 9.80 Å². The number of hydrogen-bond donors (Lipinski definition) is 0. The highest BCUT2D eigenvalue weighted by Crippen LogP contribution is 2.26. The second kappa shape index (κ2) is 7.68. The number of anilines is 1. The minimum atomic E-state index is -0.0115. The summed E-state index contributed by atoms with van der Waals surface area (Å²) < 4.78 is 6.11. The van der Waals surface area contributed by atoms with E-state index in [0.29, 0.717) is 12.4 Å². The van der Waals surface area contributed by atoms with Gasteiger partial charge in [0.15, 0.2) is 5.82 Å². The monoisotopic (exact) mass is 333 g/mol. The molecule has 0 spiro atoms. The molecule has 2 aliphatic heterocycles. The van der Waals surface area contributed by atoms with Gasteiger partial charge in [-0.15, -0.1) is 0 Å². The van der Waals surface area contributed by atoms with Crippen LogP contribution in [0.1, 0.15) is 33.1 Å². The average Bonchev–Trinajstić information content (AvgIpc) is 3.28. The maximum Gasteiger partial charge on any atom is 0.320 e. The summed E-state index contributed by atoms with van der Waals surface area (Å²) in [5.41, 5.74) is 0. The van der Waals surface area contributed by atoms with E-state index in [4.69, 9.17) is 4.74 Å². The second-order valence-corrected chi connectivity index (χ2v) is 6.31. The van der Waals surface area contributed by atoms with Gasteiger partial charge in [-0.05, 0) is 26.7 Å². The van der Waals surface area contributed by atoms with Crippen LogP contribution in [0.4, 0.5) is 10.6 Å². The van der Waals surface area contributed by atoms with Gasteiger partial charge in [-0.3, -0.25) is 0 Å². The summed E-state index contributed by atoms with van der Waals surface area (Å²) >= 11 is 0.